The summed E-state index contributed by atoms with van der Waals surface area (Å²) in [5, 5.41) is 10.6. The third-order valence-corrected chi connectivity index (χ3v) is 4.70. The summed E-state index contributed by atoms with van der Waals surface area (Å²) < 4.78 is 6.90. The van der Waals surface area contributed by atoms with Crippen LogP contribution < -0.4 is 5.76 Å². The highest BCUT2D eigenvalue weighted by Crippen LogP contribution is 2.34. The maximum Gasteiger partial charge on any atom is 0.419 e. The normalized spacial score (nSPS) is 18.8. The lowest BCUT2D eigenvalue weighted by molar-refractivity contribution is 0.0988. The van der Waals surface area contributed by atoms with Crippen molar-refractivity contribution in [2.45, 2.75) is 58.1 Å². The highest BCUT2D eigenvalue weighted by Gasteiger charge is 2.23. The van der Waals surface area contributed by atoms with Gasteiger partial charge in [-0.3, -0.25) is 4.57 Å². The Hall–Kier alpha value is -1.55. The molecule has 4 nitrogen and oxygen atoms in total. The Morgan fingerprint density at radius 3 is 2.67 bits per heavy atom. The topological polar surface area (TPSA) is 55.4 Å². The van der Waals surface area contributed by atoms with Gasteiger partial charge < -0.3 is 9.52 Å². The summed E-state index contributed by atoms with van der Waals surface area (Å²) in [5.74, 6) is -0.00135. The van der Waals surface area contributed by atoms with Crippen molar-refractivity contribution in [3.8, 4) is 0 Å². The number of nitrogens with zero attached hydrogens (tertiary/aromatic N) is 1. The van der Waals surface area contributed by atoms with Crippen LogP contribution in [0.25, 0.3) is 11.1 Å². The van der Waals surface area contributed by atoms with Crippen LogP contribution in [0.15, 0.2) is 27.4 Å². The molecule has 21 heavy (non-hydrogen) atoms. The molecule has 0 bridgehead atoms. The molecule has 1 aliphatic carbocycles. The molecule has 114 valence electrons. The molecule has 1 heterocycles. The van der Waals surface area contributed by atoms with Gasteiger partial charge in [0.1, 0.15) is 0 Å². The maximum absolute atomic E-state index is 11.7. The molecule has 0 aliphatic heterocycles. The van der Waals surface area contributed by atoms with Gasteiger partial charge in [0.15, 0.2) is 5.58 Å². The van der Waals surface area contributed by atoms with E-state index in [4.69, 9.17) is 4.42 Å². The van der Waals surface area contributed by atoms with Crippen LogP contribution in [-0.2, 0) is 6.54 Å². The smallest absolute Gasteiger partial charge is 0.408 e. The molecular weight excluding hydrogens is 266 g/mol. The van der Waals surface area contributed by atoms with Crippen LogP contribution in [0.4, 0.5) is 0 Å². The minimum atomic E-state index is -0.456. The predicted octanol–water partition coefficient (Wildman–Crippen LogP) is 3.62. The SMILES string of the molecule is CCn1c(=O)oc2cc(C(O)C3CCCCCC3)ccc21. The predicted molar refractivity (Wildman–Crippen MR) is 82.3 cm³/mol. The van der Waals surface area contributed by atoms with Gasteiger partial charge >= 0.3 is 5.76 Å². The number of oxazole rings is 1. The minimum Gasteiger partial charge on any atom is -0.408 e. The van der Waals surface area contributed by atoms with E-state index >= 15 is 0 Å². The van der Waals surface area contributed by atoms with Gasteiger partial charge in [-0.05, 0) is 43.4 Å². The van der Waals surface area contributed by atoms with Crippen molar-refractivity contribution in [3.05, 3.63) is 34.3 Å². The number of rotatable bonds is 3. The number of aliphatic hydroxyl groups is 1. The molecule has 1 saturated carbocycles. The van der Waals surface area contributed by atoms with Gasteiger partial charge in [0.2, 0.25) is 0 Å². The second-order valence-corrected chi connectivity index (χ2v) is 6.04. The van der Waals surface area contributed by atoms with Crippen LogP contribution in [0, 0.1) is 5.92 Å². The first kappa shape index (κ1) is 14.4. The molecule has 0 saturated heterocycles. The fourth-order valence-corrected chi connectivity index (χ4v) is 3.47. The first-order chi connectivity index (χ1) is 10.2. The van der Waals surface area contributed by atoms with Crippen molar-refractivity contribution in [2.75, 3.05) is 0 Å². The number of hydrogen-bond acceptors (Lipinski definition) is 3. The molecule has 0 radical (unpaired) electrons. The molecule has 2 aromatic rings. The zero-order valence-electron chi connectivity index (χ0n) is 12.5. The number of benzene rings is 1. The van der Waals surface area contributed by atoms with Crippen LogP contribution in [0.1, 0.15) is 57.1 Å². The lowest BCUT2D eigenvalue weighted by Crippen LogP contribution is -2.12. The Balaban J connectivity index is 1.91. The summed E-state index contributed by atoms with van der Waals surface area (Å²) in [5.41, 5.74) is 2.25. The molecule has 0 amide bonds. The molecule has 1 N–H and O–H groups in total. The average Bonchev–Trinajstić information content (AvgIpc) is 2.68. The summed E-state index contributed by atoms with van der Waals surface area (Å²) in [6.45, 7) is 2.51. The van der Waals surface area contributed by atoms with E-state index < -0.39 is 6.10 Å². The van der Waals surface area contributed by atoms with E-state index in [-0.39, 0.29) is 5.76 Å². The summed E-state index contributed by atoms with van der Waals surface area (Å²) in [6.07, 6.45) is 6.66. The maximum atomic E-state index is 11.7. The lowest BCUT2D eigenvalue weighted by Gasteiger charge is -2.21. The van der Waals surface area contributed by atoms with E-state index in [2.05, 4.69) is 0 Å². The Kier molecular flexibility index (Phi) is 4.15. The molecular formula is C17H23NO3. The molecule has 0 spiro atoms. The number of fused-ring (bicyclic) bond motifs is 1. The third-order valence-electron chi connectivity index (χ3n) is 4.70. The summed E-state index contributed by atoms with van der Waals surface area (Å²) in [7, 11) is 0. The van der Waals surface area contributed by atoms with Crippen molar-refractivity contribution in [1.29, 1.82) is 0 Å². The van der Waals surface area contributed by atoms with Gasteiger partial charge in [0, 0.05) is 6.54 Å². The number of aryl methyl sites for hydroxylation is 1. The second-order valence-electron chi connectivity index (χ2n) is 6.04. The zero-order valence-corrected chi connectivity index (χ0v) is 12.5. The van der Waals surface area contributed by atoms with Gasteiger partial charge in [-0.25, -0.2) is 4.79 Å². The monoisotopic (exact) mass is 289 g/mol. The highest BCUT2D eigenvalue weighted by molar-refractivity contribution is 5.73. The van der Waals surface area contributed by atoms with E-state index in [1.165, 1.54) is 25.7 Å². The van der Waals surface area contributed by atoms with Gasteiger partial charge in [-0.1, -0.05) is 31.7 Å². The van der Waals surface area contributed by atoms with E-state index in [9.17, 15) is 9.90 Å². The van der Waals surface area contributed by atoms with E-state index in [0.717, 1.165) is 23.9 Å². The van der Waals surface area contributed by atoms with Crippen LogP contribution in [0.3, 0.4) is 0 Å². The summed E-state index contributed by atoms with van der Waals surface area (Å²) in [6, 6.07) is 5.65. The van der Waals surface area contributed by atoms with Gasteiger partial charge in [-0.2, -0.15) is 0 Å². The minimum absolute atomic E-state index is 0.324. The van der Waals surface area contributed by atoms with Crippen LogP contribution in [-0.4, -0.2) is 9.67 Å². The van der Waals surface area contributed by atoms with Crippen molar-refractivity contribution >= 4 is 11.1 Å². The Labute approximate surface area is 124 Å². The van der Waals surface area contributed by atoms with Gasteiger partial charge in [-0.15, -0.1) is 0 Å². The van der Waals surface area contributed by atoms with E-state index in [0.29, 0.717) is 18.0 Å². The van der Waals surface area contributed by atoms with Gasteiger partial charge in [0.05, 0.1) is 11.6 Å². The fraction of sp³-hybridized carbons (Fsp3) is 0.588. The average molecular weight is 289 g/mol. The first-order valence-corrected chi connectivity index (χ1v) is 8.02. The number of aliphatic hydroxyl groups excluding tert-OH is 1. The summed E-state index contributed by atoms with van der Waals surface area (Å²) in [4.78, 5) is 11.7. The van der Waals surface area contributed by atoms with Crippen LogP contribution >= 0.6 is 0 Å². The molecule has 1 aromatic carbocycles. The highest BCUT2D eigenvalue weighted by atomic mass is 16.4. The standard InChI is InChI=1S/C17H23NO3/c1-2-18-14-10-9-13(11-15(14)21-17(18)20)16(19)12-7-5-3-4-6-8-12/h9-12,16,19H,2-8H2,1H3. The Bertz CT molecular complexity index is 662. The van der Waals surface area contributed by atoms with E-state index in [1.54, 1.807) is 4.57 Å². The molecule has 1 atom stereocenters. The molecule has 1 fully saturated rings. The fourth-order valence-electron chi connectivity index (χ4n) is 3.47. The largest absolute Gasteiger partial charge is 0.419 e. The van der Waals surface area contributed by atoms with Gasteiger partial charge in [0.25, 0.3) is 0 Å². The first-order valence-electron chi connectivity index (χ1n) is 8.02. The zero-order chi connectivity index (χ0) is 14.8. The quantitative estimate of drug-likeness (QED) is 0.878. The molecule has 4 heteroatoms. The number of aromatic nitrogens is 1. The molecule has 1 aliphatic rings. The van der Waals surface area contributed by atoms with Crippen LogP contribution in [0.2, 0.25) is 0 Å². The molecule has 1 unspecified atom stereocenters. The third kappa shape index (κ3) is 2.77. The van der Waals surface area contributed by atoms with Crippen molar-refractivity contribution < 1.29 is 9.52 Å². The second kappa shape index (κ2) is 6.06. The van der Waals surface area contributed by atoms with Crippen molar-refractivity contribution in [2.24, 2.45) is 5.92 Å². The molecule has 1 aromatic heterocycles. The summed E-state index contributed by atoms with van der Waals surface area (Å²) >= 11 is 0. The van der Waals surface area contributed by atoms with Crippen LogP contribution in [0.5, 0.6) is 0 Å². The van der Waals surface area contributed by atoms with Crippen molar-refractivity contribution in [1.82, 2.24) is 4.57 Å². The number of hydrogen-bond donors (Lipinski definition) is 1. The Morgan fingerprint density at radius 1 is 1.29 bits per heavy atom. The van der Waals surface area contributed by atoms with E-state index in [1.807, 2.05) is 25.1 Å². The Morgan fingerprint density at radius 2 is 2.00 bits per heavy atom. The lowest BCUT2D eigenvalue weighted by atomic mass is 9.89. The molecule has 3 rings (SSSR count). The van der Waals surface area contributed by atoms with Crippen molar-refractivity contribution in [3.63, 3.8) is 0 Å².